The smallest absolute Gasteiger partial charge is 0.449 e. The minimum Gasteiger partial charge on any atom is -0.449 e. The van der Waals surface area contributed by atoms with Crippen molar-refractivity contribution in [3.8, 4) is 5.75 Å². The van der Waals surface area contributed by atoms with Crippen molar-refractivity contribution in [2.24, 2.45) is 0 Å². The van der Waals surface area contributed by atoms with Crippen LogP contribution < -0.4 is 9.64 Å². The largest absolute Gasteiger partial charge is 0.511 e. The summed E-state index contributed by atoms with van der Waals surface area (Å²) in [5, 5.41) is 9.17. The van der Waals surface area contributed by atoms with Crippen molar-refractivity contribution in [3.05, 3.63) is 82.3 Å². The number of piperidine rings is 1. The van der Waals surface area contributed by atoms with Crippen LogP contribution in [0.25, 0.3) is 0 Å². The zero-order valence-corrected chi connectivity index (χ0v) is 22.5. The van der Waals surface area contributed by atoms with E-state index in [-0.39, 0.29) is 22.5 Å². The summed E-state index contributed by atoms with van der Waals surface area (Å²) >= 11 is 0. The zero-order chi connectivity index (χ0) is 27.0. The minimum absolute atomic E-state index is 0.0884. The van der Waals surface area contributed by atoms with E-state index in [1.807, 2.05) is 63.2 Å². The Kier molecular flexibility index (Phi) is 6.92. The third kappa shape index (κ3) is 4.76. The number of aromatic nitrogens is 2. The molecule has 1 amide bonds. The third-order valence-corrected chi connectivity index (χ3v) is 8.33. The Bertz CT molecular complexity index is 1360. The number of benzene rings is 2. The highest BCUT2D eigenvalue weighted by Gasteiger charge is 2.51. The van der Waals surface area contributed by atoms with Crippen molar-refractivity contribution in [2.75, 3.05) is 25.0 Å². The van der Waals surface area contributed by atoms with Crippen LogP contribution in [0.2, 0.25) is 0 Å². The lowest BCUT2D eigenvalue weighted by atomic mass is 9.92. The highest BCUT2D eigenvalue weighted by atomic mass is 16.7. The minimum atomic E-state index is -1.34. The first kappa shape index (κ1) is 25.9. The van der Waals surface area contributed by atoms with Gasteiger partial charge in [0, 0.05) is 49.7 Å². The number of carbonyl (C=O) groups excluding carboxylic acids is 1. The number of carboxylic acid groups (broad SMARTS) is 1. The van der Waals surface area contributed by atoms with Gasteiger partial charge in [-0.1, -0.05) is 24.3 Å². The van der Waals surface area contributed by atoms with Gasteiger partial charge in [-0.3, -0.25) is 0 Å². The van der Waals surface area contributed by atoms with E-state index in [1.54, 1.807) is 6.07 Å². The first-order valence-corrected chi connectivity index (χ1v) is 13.2. The predicted molar refractivity (Wildman–Crippen MR) is 145 cm³/mol. The molecule has 198 valence electrons. The van der Waals surface area contributed by atoms with Crippen molar-refractivity contribution in [1.29, 1.82) is 0 Å². The summed E-state index contributed by atoms with van der Waals surface area (Å²) in [5.74, 6) is 2.11. The molecule has 1 unspecified atom stereocenters. The van der Waals surface area contributed by atoms with E-state index >= 15 is 0 Å². The molecule has 1 aliphatic heterocycles. The van der Waals surface area contributed by atoms with Gasteiger partial charge in [0.2, 0.25) is 0 Å². The fourth-order valence-electron chi connectivity index (χ4n) is 6.40. The number of fused-ring (bicyclic) bond motifs is 1. The summed E-state index contributed by atoms with van der Waals surface area (Å²) in [6.07, 6.45) is 2.02. The van der Waals surface area contributed by atoms with Gasteiger partial charge in [-0.15, -0.1) is 0 Å². The summed E-state index contributed by atoms with van der Waals surface area (Å²) in [6, 6.07) is 15.3. The molecule has 2 heterocycles. The van der Waals surface area contributed by atoms with Gasteiger partial charge in [-0.25, -0.2) is 24.0 Å². The SMILES string of the molecule is Cc1cc(N2CCC([N+](C)(C(=O)c3ccccc3C)[C@@H]3CCc4ccc(OC(=O)O)cc43)CC2)nc(C)n1. The maximum atomic E-state index is 14.5. The molecule has 0 radical (unpaired) electrons. The standard InChI is InChI=1S/C30H34N4O4/c1-19-7-5-6-8-25(19)29(35)34(4,27-12-10-22-9-11-24(18-26(22)27)38-30(36)37)23-13-15-33(16-14-23)28-17-20(2)31-21(3)32-28/h5-9,11,17-18,23,27H,10,12-16H2,1-4H3/p+1/t27-,34?/m1/s1. The van der Waals surface area contributed by atoms with Gasteiger partial charge in [-0.05, 0) is 56.5 Å². The monoisotopic (exact) mass is 515 g/mol. The van der Waals surface area contributed by atoms with E-state index in [1.165, 1.54) is 0 Å². The summed E-state index contributed by atoms with van der Waals surface area (Å²) in [5.41, 5.74) is 4.82. The van der Waals surface area contributed by atoms with Crippen LogP contribution >= 0.6 is 0 Å². The van der Waals surface area contributed by atoms with Crippen LogP contribution in [0, 0.1) is 20.8 Å². The number of hydrogen-bond donors (Lipinski definition) is 1. The quantitative estimate of drug-likeness (QED) is 0.276. The molecule has 8 heteroatoms. The first-order chi connectivity index (χ1) is 18.2. The lowest BCUT2D eigenvalue weighted by molar-refractivity contribution is -0.887. The number of nitrogens with zero attached hydrogens (tertiary/aromatic N) is 4. The van der Waals surface area contributed by atoms with Crippen molar-refractivity contribution in [3.63, 3.8) is 0 Å². The van der Waals surface area contributed by atoms with Gasteiger partial charge in [0.15, 0.2) is 0 Å². The topological polar surface area (TPSA) is 92.6 Å². The van der Waals surface area contributed by atoms with Crippen LogP contribution in [0.1, 0.15) is 63.9 Å². The number of aryl methyl sites for hydroxylation is 4. The summed E-state index contributed by atoms with van der Waals surface area (Å²) in [7, 11) is 2.08. The molecular weight excluding hydrogens is 480 g/mol. The molecule has 1 fully saturated rings. The summed E-state index contributed by atoms with van der Waals surface area (Å²) < 4.78 is 5.25. The molecule has 3 aromatic rings. The van der Waals surface area contributed by atoms with Crippen LogP contribution in [-0.2, 0) is 6.42 Å². The number of quaternary nitrogens is 1. The van der Waals surface area contributed by atoms with Crippen LogP contribution in [0.4, 0.5) is 10.6 Å². The van der Waals surface area contributed by atoms with Crippen molar-refractivity contribution in [1.82, 2.24) is 9.97 Å². The molecule has 1 saturated heterocycles. The Hall–Kier alpha value is -3.78. The van der Waals surface area contributed by atoms with Crippen molar-refractivity contribution >= 4 is 17.9 Å². The Balaban J connectivity index is 1.51. The maximum absolute atomic E-state index is 14.5. The number of anilines is 1. The lowest BCUT2D eigenvalue weighted by Gasteiger charge is -2.47. The lowest BCUT2D eigenvalue weighted by Crippen LogP contribution is -2.61. The van der Waals surface area contributed by atoms with E-state index in [0.717, 1.165) is 78.4 Å². The van der Waals surface area contributed by atoms with Crippen molar-refractivity contribution < 1.29 is 23.9 Å². The van der Waals surface area contributed by atoms with E-state index in [2.05, 4.69) is 21.9 Å². The zero-order valence-electron chi connectivity index (χ0n) is 22.5. The molecule has 38 heavy (non-hydrogen) atoms. The van der Waals surface area contributed by atoms with Crippen molar-refractivity contribution in [2.45, 2.75) is 58.5 Å². The Morgan fingerprint density at radius 1 is 1.00 bits per heavy atom. The number of amides is 1. The van der Waals surface area contributed by atoms with Crippen LogP contribution in [0.3, 0.4) is 0 Å². The molecule has 1 aliphatic carbocycles. The second kappa shape index (κ2) is 10.2. The van der Waals surface area contributed by atoms with Gasteiger partial charge < -0.3 is 14.7 Å². The fraction of sp³-hybridized carbons (Fsp3) is 0.400. The van der Waals surface area contributed by atoms with Gasteiger partial charge in [0.25, 0.3) is 0 Å². The van der Waals surface area contributed by atoms with Crippen LogP contribution in [0.5, 0.6) is 5.75 Å². The first-order valence-electron chi connectivity index (χ1n) is 13.2. The van der Waals surface area contributed by atoms with Gasteiger partial charge in [0.1, 0.15) is 23.4 Å². The average Bonchev–Trinajstić information content (AvgIpc) is 3.31. The average molecular weight is 516 g/mol. The predicted octanol–water partition coefficient (Wildman–Crippen LogP) is 5.40. The molecule has 8 nitrogen and oxygen atoms in total. The Labute approximate surface area is 223 Å². The number of carbonyl (C=O) groups is 2. The van der Waals surface area contributed by atoms with Gasteiger partial charge in [-0.2, -0.15) is 0 Å². The second-order valence-corrected chi connectivity index (χ2v) is 10.7. The van der Waals surface area contributed by atoms with Crippen LogP contribution in [-0.4, -0.2) is 57.8 Å². The van der Waals surface area contributed by atoms with E-state index in [9.17, 15) is 14.7 Å². The van der Waals surface area contributed by atoms with E-state index < -0.39 is 6.16 Å². The number of hydrogen-bond acceptors (Lipinski definition) is 6. The number of rotatable bonds is 5. The van der Waals surface area contributed by atoms with E-state index in [4.69, 9.17) is 4.74 Å². The summed E-state index contributed by atoms with van der Waals surface area (Å²) in [6.45, 7) is 7.49. The Morgan fingerprint density at radius 3 is 2.42 bits per heavy atom. The molecule has 2 aliphatic rings. The van der Waals surface area contributed by atoms with Gasteiger partial charge in [0.05, 0.1) is 18.7 Å². The molecule has 2 aromatic carbocycles. The molecule has 1 aromatic heterocycles. The molecule has 2 atom stereocenters. The molecule has 0 saturated carbocycles. The van der Waals surface area contributed by atoms with E-state index in [0.29, 0.717) is 5.75 Å². The second-order valence-electron chi connectivity index (χ2n) is 10.7. The van der Waals surface area contributed by atoms with Gasteiger partial charge >= 0.3 is 12.1 Å². The number of ether oxygens (including phenoxy) is 1. The van der Waals surface area contributed by atoms with Crippen LogP contribution in [0.15, 0.2) is 48.5 Å². The Morgan fingerprint density at radius 2 is 1.74 bits per heavy atom. The molecule has 5 rings (SSSR count). The maximum Gasteiger partial charge on any atom is 0.511 e. The highest BCUT2D eigenvalue weighted by Crippen LogP contribution is 2.45. The molecule has 0 spiro atoms. The fourth-order valence-corrected chi connectivity index (χ4v) is 6.40. The summed E-state index contributed by atoms with van der Waals surface area (Å²) in [4.78, 5) is 37.1. The normalized spacial score (nSPS) is 19.1. The molecular formula is C30H35N4O4+. The molecule has 1 N–H and O–H groups in total. The highest BCUT2D eigenvalue weighted by molar-refractivity contribution is 5.91. The molecule has 0 bridgehead atoms. The third-order valence-electron chi connectivity index (χ3n) is 8.33.